The molecule has 188 valence electrons. The first kappa shape index (κ1) is 26.9. The van der Waals surface area contributed by atoms with Crippen LogP contribution in [0, 0.1) is 22.7 Å². The number of ether oxygens (including phenoxy) is 2. The summed E-state index contributed by atoms with van der Waals surface area (Å²) in [6.45, 7) is 2.44. The third-order valence-corrected chi connectivity index (χ3v) is 8.31. The molecule has 10 nitrogen and oxygen atoms in total. The van der Waals surface area contributed by atoms with Gasteiger partial charge in [0.2, 0.25) is 10.0 Å². The van der Waals surface area contributed by atoms with Crippen molar-refractivity contribution in [2.45, 2.75) is 31.2 Å². The van der Waals surface area contributed by atoms with E-state index in [4.69, 9.17) is 20.0 Å². The van der Waals surface area contributed by atoms with Gasteiger partial charge in [0.05, 0.1) is 36.0 Å². The zero-order valence-corrected chi connectivity index (χ0v) is 21.7. The lowest BCUT2D eigenvalue weighted by Gasteiger charge is -2.20. The number of aryl methyl sites for hydroxylation is 1. The maximum absolute atomic E-state index is 13.0. The molecule has 0 saturated carbocycles. The average molecular weight is 528 g/mol. The molecule has 36 heavy (non-hydrogen) atoms. The first-order valence-electron chi connectivity index (χ1n) is 11.0. The smallest absolute Gasteiger partial charge is 0.279 e. The molecular weight excluding hydrogens is 502 g/mol. The molecule has 0 aliphatic carbocycles. The van der Waals surface area contributed by atoms with Crippen LogP contribution in [-0.4, -0.2) is 50.5 Å². The minimum Gasteiger partial charge on any atom is -0.497 e. The first-order chi connectivity index (χ1) is 17.3. The molecule has 0 atom stereocenters. The van der Waals surface area contributed by atoms with Crippen LogP contribution in [0.2, 0.25) is 0 Å². The summed E-state index contributed by atoms with van der Waals surface area (Å²) >= 11 is 1.32. The van der Waals surface area contributed by atoms with Gasteiger partial charge < -0.3 is 14.0 Å². The highest BCUT2D eigenvalue weighted by Crippen LogP contribution is 2.32. The van der Waals surface area contributed by atoms with Gasteiger partial charge in [-0.25, -0.2) is 8.42 Å². The van der Waals surface area contributed by atoms with E-state index in [2.05, 4.69) is 4.99 Å². The van der Waals surface area contributed by atoms with Crippen molar-refractivity contribution in [1.29, 1.82) is 10.5 Å². The molecule has 1 heterocycles. The summed E-state index contributed by atoms with van der Waals surface area (Å²) in [5, 5.41) is 17.7. The summed E-state index contributed by atoms with van der Waals surface area (Å²) in [4.78, 5) is 17.7. The zero-order chi connectivity index (χ0) is 26.3. The fraction of sp³-hybridized carbons (Fsp3) is 0.333. The highest BCUT2D eigenvalue weighted by Gasteiger charge is 2.24. The third kappa shape index (κ3) is 5.57. The normalized spacial score (nSPS) is 11.9. The summed E-state index contributed by atoms with van der Waals surface area (Å²) in [7, 11) is -0.805. The van der Waals surface area contributed by atoms with E-state index in [1.54, 1.807) is 20.3 Å². The van der Waals surface area contributed by atoms with Gasteiger partial charge in [-0.05, 0) is 37.3 Å². The highest BCUT2D eigenvalue weighted by molar-refractivity contribution is 7.89. The summed E-state index contributed by atoms with van der Waals surface area (Å²) in [6.07, 6.45) is 0.00667. The van der Waals surface area contributed by atoms with Crippen LogP contribution >= 0.6 is 11.3 Å². The average Bonchev–Trinajstić information content (AvgIpc) is 3.24. The lowest BCUT2D eigenvalue weighted by Crippen LogP contribution is -2.32. The van der Waals surface area contributed by atoms with Crippen LogP contribution in [-0.2, 0) is 16.6 Å². The number of benzene rings is 2. The Morgan fingerprint density at radius 2 is 1.72 bits per heavy atom. The van der Waals surface area contributed by atoms with Gasteiger partial charge in [-0.15, -0.1) is 0 Å². The lowest BCUT2D eigenvalue weighted by molar-refractivity contribution is 0.0997. The number of hydrogen-bond acceptors (Lipinski definition) is 8. The number of carbonyl (C=O) groups excluding carboxylic acids is 1. The molecule has 0 N–H and O–H groups in total. The molecule has 0 spiro atoms. The standard InChI is InChI=1S/C24H25N5O5S2/c1-4-29-22-20(34-3)15-18(33-2)16-21(22)35-24(29)27-23(30)17-7-9-19(10-8-17)36(31,32)28(13-5-11-25)14-6-12-26/h7-10,15-16H,4-6,13-14H2,1-3H3. The maximum atomic E-state index is 13.0. The van der Waals surface area contributed by atoms with Gasteiger partial charge in [0.15, 0.2) is 4.80 Å². The Balaban J connectivity index is 1.97. The molecule has 0 fully saturated rings. The lowest BCUT2D eigenvalue weighted by atomic mass is 10.2. The third-order valence-electron chi connectivity index (χ3n) is 5.37. The Kier molecular flexibility index (Phi) is 8.83. The van der Waals surface area contributed by atoms with E-state index in [1.807, 2.05) is 29.7 Å². The number of amides is 1. The SMILES string of the molecule is CCn1c(=NC(=O)c2ccc(S(=O)(=O)N(CCC#N)CCC#N)cc2)sc2cc(OC)cc(OC)c21. The Labute approximate surface area is 213 Å². The van der Waals surface area contributed by atoms with E-state index in [0.29, 0.717) is 22.8 Å². The van der Waals surface area contributed by atoms with Gasteiger partial charge in [-0.2, -0.15) is 19.8 Å². The minimum absolute atomic E-state index is 0.00334. The molecule has 2 aromatic carbocycles. The summed E-state index contributed by atoms with van der Waals surface area (Å²) in [6, 6.07) is 12.9. The Hall–Kier alpha value is -3.71. The zero-order valence-electron chi connectivity index (χ0n) is 20.1. The number of sulfonamides is 1. The molecule has 12 heteroatoms. The van der Waals surface area contributed by atoms with Crippen molar-refractivity contribution in [1.82, 2.24) is 8.87 Å². The van der Waals surface area contributed by atoms with Crippen LogP contribution in [0.25, 0.3) is 10.2 Å². The second-order valence-corrected chi connectivity index (χ2v) is 10.4. The van der Waals surface area contributed by atoms with Crippen molar-refractivity contribution in [2.75, 3.05) is 27.3 Å². The predicted octanol–water partition coefficient (Wildman–Crippen LogP) is 3.30. The Morgan fingerprint density at radius 3 is 2.25 bits per heavy atom. The molecule has 0 bridgehead atoms. The largest absolute Gasteiger partial charge is 0.497 e. The van der Waals surface area contributed by atoms with Gasteiger partial charge in [0.25, 0.3) is 5.91 Å². The monoisotopic (exact) mass is 527 g/mol. The molecule has 0 unspecified atom stereocenters. The molecule has 3 aromatic rings. The van der Waals surface area contributed by atoms with Crippen LogP contribution in [0.5, 0.6) is 11.5 Å². The molecular formula is C24H25N5O5S2. The van der Waals surface area contributed by atoms with Crippen LogP contribution in [0.3, 0.4) is 0 Å². The van der Waals surface area contributed by atoms with Crippen molar-refractivity contribution in [2.24, 2.45) is 4.99 Å². The number of aromatic nitrogens is 1. The summed E-state index contributed by atoms with van der Waals surface area (Å²) in [5.74, 6) is 0.699. The number of hydrogen-bond donors (Lipinski definition) is 0. The van der Waals surface area contributed by atoms with Crippen molar-refractivity contribution >= 4 is 37.5 Å². The van der Waals surface area contributed by atoms with E-state index in [0.717, 1.165) is 14.5 Å². The molecule has 1 aromatic heterocycles. The number of methoxy groups -OCH3 is 2. The van der Waals surface area contributed by atoms with Crippen LogP contribution in [0.1, 0.15) is 30.1 Å². The predicted molar refractivity (Wildman–Crippen MR) is 134 cm³/mol. The van der Waals surface area contributed by atoms with Crippen molar-refractivity contribution in [3.8, 4) is 23.6 Å². The first-order valence-corrected chi connectivity index (χ1v) is 13.2. The minimum atomic E-state index is -3.93. The second kappa shape index (κ2) is 11.8. The van der Waals surface area contributed by atoms with E-state index in [1.165, 1.54) is 35.6 Å². The van der Waals surface area contributed by atoms with E-state index < -0.39 is 15.9 Å². The quantitative estimate of drug-likeness (QED) is 0.394. The molecule has 0 aliphatic rings. The number of fused-ring (bicyclic) bond motifs is 1. The Morgan fingerprint density at radius 1 is 1.08 bits per heavy atom. The number of rotatable bonds is 10. The van der Waals surface area contributed by atoms with Crippen LogP contribution < -0.4 is 14.3 Å². The van der Waals surface area contributed by atoms with Crippen molar-refractivity contribution < 1.29 is 22.7 Å². The van der Waals surface area contributed by atoms with E-state index in [9.17, 15) is 13.2 Å². The number of nitriles is 2. The van der Waals surface area contributed by atoms with Gasteiger partial charge >= 0.3 is 0 Å². The number of thiazole rings is 1. The molecule has 0 aliphatic heterocycles. The van der Waals surface area contributed by atoms with Gasteiger partial charge in [0, 0.05) is 44.1 Å². The summed E-state index contributed by atoms with van der Waals surface area (Å²) < 4.78 is 40.6. The molecule has 3 rings (SSSR count). The second-order valence-electron chi connectivity index (χ2n) is 7.47. The Bertz CT molecular complexity index is 1490. The fourth-order valence-electron chi connectivity index (χ4n) is 3.57. The van der Waals surface area contributed by atoms with Gasteiger partial charge in [-0.1, -0.05) is 11.3 Å². The highest BCUT2D eigenvalue weighted by atomic mass is 32.2. The van der Waals surface area contributed by atoms with Crippen LogP contribution in [0.15, 0.2) is 46.3 Å². The summed E-state index contributed by atoms with van der Waals surface area (Å²) in [5.41, 5.74) is 1.02. The van der Waals surface area contributed by atoms with E-state index >= 15 is 0 Å². The molecule has 1 amide bonds. The van der Waals surface area contributed by atoms with Crippen molar-refractivity contribution in [3.05, 3.63) is 46.8 Å². The fourth-order valence-corrected chi connectivity index (χ4v) is 6.15. The molecule has 0 saturated heterocycles. The number of carbonyl (C=O) groups is 1. The van der Waals surface area contributed by atoms with Crippen molar-refractivity contribution in [3.63, 3.8) is 0 Å². The maximum Gasteiger partial charge on any atom is 0.279 e. The van der Waals surface area contributed by atoms with Gasteiger partial charge in [-0.3, -0.25) is 4.79 Å². The van der Waals surface area contributed by atoms with Gasteiger partial charge in [0.1, 0.15) is 17.0 Å². The van der Waals surface area contributed by atoms with E-state index in [-0.39, 0.29) is 36.4 Å². The number of nitrogens with zero attached hydrogens (tertiary/aromatic N) is 5. The molecule has 0 radical (unpaired) electrons. The van der Waals surface area contributed by atoms with Crippen LogP contribution in [0.4, 0.5) is 0 Å². The topological polar surface area (TPSA) is 138 Å².